The predicted octanol–water partition coefficient (Wildman–Crippen LogP) is 1.75. The standard InChI is InChI=1S/C18H17N3O6/c1-26-13-7-14(27-2)12(21(24)25)6-11(13)8-19-20-17(22)15-9-3-4-10(5-9)16(15)18(20)23/h3-4,6-10,15-16H,5H2,1-2H3/b19-8-/t9-,10-,15-,16+/m1/s1. The molecule has 1 saturated heterocycles. The summed E-state index contributed by atoms with van der Waals surface area (Å²) in [5, 5.41) is 16.1. The molecule has 3 aliphatic rings. The number of rotatable bonds is 5. The number of hydrogen-bond donors (Lipinski definition) is 0. The van der Waals surface area contributed by atoms with Gasteiger partial charge in [-0.25, -0.2) is 0 Å². The van der Waals surface area contributed by atoms with Crippen LogP contribution >= 0.6 is 0 Å². The van der Waals surface area contributed by atoms with Crippen molar-refractivity contribution < 1.29 is 24.0 Å². The predicted molar refractivity (Wildman–Crippen MR) is 93.4 cm³/mol. The van der Waals surface area contributed by atoms with E-state index in [1.54, 1.807) is 0 Å². The Morgan fingerprint density at radius 1 is 1.11 bits per heavy atom. The fourth-order valence-electron chi connectivity index (χ4n) is 4.27. The van der Waals surface area contributed by atoms with Crippen LogP contribution < -0.4 is 9.47 Å². The van der Waals surface area contributed by atoms with Crippen LogP contribution in [0.4, 0.5) is 5.69 Å². The van der Waals surface area contributed by atoms with E-state index in [2.05, 4.69) is 5.10 Å². The maximum Gasteiger partial charge on any atom is 0.311 e. The molecule has 1 aliphatic heterocycles. The molecule has 0 spiro atoms. The van der Waals surface area contributed by atoms with Gasteiger partial charge in [0.05, 0.1) is 37.2 Å². The first-order chi connectivity index (χ1) is 13.0. The van der Waals surface area contributed by atoms with Crippen LogP contribution in [0.3, 0.4) is 0 Å². The lowest BCUT2D eigenvalue weighted by Crippen LogP contribution is -2.28. The highest BCUT2D eigenvalue weighted by atomic mass is 16.6. The van der Waals surface area contributed by atoms with Crippen molar-refractivity contribution in [3.8, 4) is 11.5 Å². The van der Waals surface area contributed by atoms with E-state index >= 15 is 0 Å². The van der Waals surface area contributed by atoms with Crippen molar-refractivity contribution in [2.24, 2.45) is 28.8 Å². The molecule has 4 rings (SSSR count). The third-order valence-electron chi connectivity index (χ3n) is 5.49. The molecule has 0 unspecified atom stereocenters. The maximum atomic E-state index is 12.6. The number of nitro benzene ring substituents is 1. The van der Waals surface area contributed by atoms with Gasteiger partial charge in [0.15, 0.2) is 0 Å². The fourth-order valence-corrected chi connectivity index (χ4v) is 4.27. The van der Waals surface area contributed by atoms with Gasteiger partial charge in [0.2, 0.25) is 5.75 Å². The Balaban J connectivity index is 1.65. The number of amides is 2. The molecular formula is C18H17N3O6. The molecule has 1 aromatic carbocycles. The molecule has 1 saturated carbocycles. The highest BCUT2D eigenvalue weighted by molar-refractivity contribution is 6.07. The molecule has 27 heavy (non-hydrogen) atoms. The minimum atomic E-state index is -0.588. The van der Waals surface area contributed by atoms with Gasteiger partial charge in [0.25, 0.3) is 11.8 Å². The van der Waals surface area contributed by atoms with Gasteiger partial charge in [-0.05, 0) is 18.3 Å². The average molecular weight is 371 g/mol. The van der Waals surface area contributed by atoms with E-state index in [-0.39, 0.29) is 58.2 Å². The van der Waals surface area contributed by atoms with Gasteiger partial charge in [-0.1, -0.05) is 12.2 Å². The van der Waals surface area contributed by atoms with E-state index in [4.69, 9.17) is 9.47 Å². The number of allylic oxidation sites excluding steroid dienone is 2. The number of hydrazone groups is 1. The molecule has 2 amide bonds. The number of nitro groups is 1. The zero-order valence-electron chi connectivity index (χ0n) is 14.7. The molecule has 4 atom stereocenters. The first-order valence-corrected chi connectivity index (χ1v) is 8.46. The largest absolute Gasteiger partial charge is 0.496 e. The third kappa shape index (κ3) is 2.49. The second-order valence-corrected chi connectivity index (χ2v) is 6.76. The Kier molecular flexibility index (Phi) is 3.94. The molecule has 9 nitrogen and oxygen atoms in total. The first kappa shape index (κ1) is 17.2. The van der Waals surface area contributed by atoms with E-state index in [0.29, 0.717) is 0 Å². The van der Waals surface area contributed by atoms with Gasteiger partial charge in [0, 0.05) is 17.7 Å². The SMILES string of the molecule is COc1cc(OC)c([N+](=O)[O-])cc1/C=N\N1C(=O)[C@@H]2[C@H](C1=O)[C@@H]1C=C[C@@H]2C1. The van der Waals surface area contributed by atoms with Gasteiger partial charge >= 0.3 is 5.69 Å². The summed E-state index contributed by atoms with van der Waals surface area (Å²) >= 11 is 0. The van der Waals surface area contributed by atoms with E-state index in [0.717, 1.165) is 11.4 Å². The van der Waals surface area contributed by atoms with Crippen LogP contribution in [0.25, 0.3) is 0 Å². The topological polar surface area (TPSA) is 111 Å². The lowest BCUT2D eigenvalue weighted by Gasteiger charge is -2.13. The molecule has 9 heteroatoms. The summed E-state index contributed by atoms with van der Waals surface area (Å²) in [7, 11) is 2.72. The van der Waals surface area contributed by atoms with E-state index in [1.807, 2.05) is 12.2 Å². The van der Waals surface area contributed by atoms with Crippen LogP contribution in [-0.2, 0) is 9.59 Å². The second kappa shape index (κ2) is 6.19. The number of methoxy groups -OCH3 is 2. The lowest BCUT2D eigenvalue weighted by molar-refractivity contribution is -0.385. The molecule has 1 aromatic rings. The van der Waals surface area contributed by atoms with E-state index < -0.39 is 4.92 Å². The van der Waals surface area contributed by atoms with Crippen LogP contribution in [-0.4, -0.2) is 42.2 Å². The Labute approximate surface area is 154 Å². The highest BCUT2D eigenvalue weighted by Gasteiger charge is 2.59. The summed E-state index contributed by atoms with van der Waals surface area (Å²) in [6, 6.07) is 2.60. The molecule has 1 heterocycles. The van der Waals surface area contributed by atoms with Crippen molar-refractivity contribution in [1.29, 1.82) is 0 Å². The minimum absolute atomic E-state index is 0.0412. The minimum Gasteiger partial charge on any atom is -0.496 e. The van der Waals surface area contributed by atoms with Gasteiger partial charge in [0.1, 0.15) is 5.75 Å². The normalized spacial score (nSPS) is 28.3. The Hall–Kier alpha value is -3.23. The molecule has 2 aliphatic carbocycles. The summed E-state index contributed by atoms with van der Waals surface area (Å²) in [6.45, 7) is 0. The number of benzene rings is 1. The molecule has 2 fully saturated rings. The molecule has 140 valence electrons. The van der Waals surface area contributed by atoms with Crippen LogP contribution in [0, 0.1) is 33.8 Å². The fraction of sp³-hybridized carbons (Fsp3) is 0.389. The van der Waals surface area contributed by atoms with Gasteiger partial charge in [-0.2, -0.15) is 10.1 Å². The van der Waals surface area contributed by atoms with Crippen molar-refractivity contribution in [2.45, 2.75) is 6.42 Å². The van der Waals surface area contributed by atoms with Crippen LogP contribution in [0.5, 0.6) is 11.5 Å². The molecule has 0 N–H and O–H groups in total. The van der Waals surface area contributed by atoms with Crippen molar-refractivity contribution >= 4 is 23.7 Å². The first-order valence-electron chi connectivity index (χ1n) is 8.46. The summed E-state index contributed by atoms with van der Waals surface area (Å²) in [5.41, 5.74) is 0.00157. The van der Waals surface area contributed by atoms with Crippen LogP contribution in [0.15, 0.2) is 29.4 Å². The van der Waals surface area contributed by atoms with Crippen LogP contribution in [0.1, 0.15) is 12.0 Å². The van der Waals surface area contributed by atoms with Gasteiger partial charge in [-0.15, -0.1) is 0 Å². The van der Waals surface area contributed by atoms with Crippen LogP contribution in [0.2, 0.25) is 0 Å². The zero-order chi connectivity index (χ0) is 19.3. The van der Waals surface area contributed by atoms with Crippen molar-refractivity contribution in [1.82, 2.24) is 5.01 Å². The lowest BCUT2D eigenvalue weighted by atomic mass is 9.85. The smallest absolute Gasteiger partial charge is 0.311 e. The number of fused-ring (bicyclic) bond motifs is 5. The Bertz CT molecular complexity index is 879. The number of nitrogens with zero attached hydrogens (tertiary/aromatic N) is 3. The monoisotopic (exact) mass is 371 g/mol. The second-order valence-electron chi connectivity index (χ2n) is 6.76. The molecule has 0 aromatic heterocycles. The molecule has 0 radical (unpaired) electrons. The highest BCUT2D eigenvalue weighted by Crippen LogP contribution is 2.52. The summed E-state index contributed by atoms with van der Waals surface area (Å²) in [4.78, 5) is 35.9. The molecule has 2 bridgehead atoms. The zero-order valence-corrected chi connectivity index (χ0v) is 14.7. The Morgan fingerprint density at radius 3 is 2.22 bits per heavy atom. The van der Waals surface area contributed by atoms with Gasteiger partial charge in [-0.3, -0.25) is 19.7 Å². The number of hydrogen-bond acceptors (Lipinski definition) is 7. The van der Waals surface area contributed by atoms with Crippen molar-refractivity contribution in [2.75, 3.05) is 14.2 Å². The quantitative estimate of drug-likeness (QED) is 0.256. The Morgan fingerprint density at radius 2 is 1.70 bits per heavy atom. The number of ether oxygens (including phenoxy) is 2. The van der Waals surface area contributed by atoms with Crippen molar-refractivity contribution in [3.63, 3.8) is 0 Å². The maximum absolute atomic E-state index is 12.6. The summed E-state index contributed by atoms with van der Waals surface area (Å²) in [5.74, 6) is -0.836. The number of carbonyl (C=O) groups excluding carboxylic acids is 2. The van der Waals surface area contributed by atoms with Gasteiger partial charge < -0.3 is 9.47 Å². The average Bonchev–Trinajstić information content (AvgIpc) is 3.34. The number of carbonyl (C=O) groups is 2. The molecular weight excluding hydrogens is 354 g/mol. The summed E-state index contributed by atoms with van der Waals surface area (Å²) < 4.78 is 10.2. The van der Waals surface area contributed by atoms with Crippen molar-refractivity contribution in [3.05, 3.63) is 40.0 Å². The van der Waals surface area contributed by atoms with E-state index in [9.17, 15) is 19.7 Å². The summed E-state index contributed by atoms with van der Waals surface area (Å²) in [6.07, 6.45) is 6.07. The third-order valence-corrected chi connectivity index (χ3v) is 5.49. The number of imide groups is 1. The van der Waals surface area contributed by atoms with E-state index in [1.165, 1.54) is 32.6 Å².